The minimum atomic E-state index is -3.55. The number of sulfonamides is 1. The van der Waals surface area contributed by atoms with Gasteiger partial charge in [-0.15, -0.1) is 4.83 Å². The van der Waals surface area contributed by atoms with Crippen molar-refractivity contribution in [3.63, 3.8) is 0 Å². The molecule has 1 aliphatic carbocycles. The lowest BCUT2D eigenvalue weighted by molar-refractivity contribution is 0.199. The van der Waals surface area contributed by atoms with Crippen molar-refractivity contribution in [3.8, 4) is 0 Å². The Hall–Kier alpha value is -1.02. The number of hydrazine groups is 1. The monoisotopic (exact) mass is 310 g/mol. The average Bonchev–Trinajstić information content (AvgIpc) is 3.30. The van der Waals surface area contributed by atoms with Gasteiger partial charge in [0.15, 0.2) is 5.03 Å². The molecular formula is C14H22N4O2S. The van der Waals surface area contributed by atoms with Gasteiger partial charge < -0.3 is 5.32 Å². The molecule has 0 unspecified atom stereocenters. The molecule has 116 valence electrons. The number of nitrogens with zero attached hydrogens (tertiary/aromatic N) is 2. The molecule has 1 aromatic heterocycles. The van der Waals surface area contributed by atoms with Crippen molar-refractivity contribution in [2.45, 2.75) is 49.7 Å². The van der Waals surface area contributed by atoms with Crippen molar-refractivity contribution in [2.24, 2.45) is 0 Å². The van der Waals surface area contributed by atoms with Gasteiger partial charge in [-0.1, -0.05) is 12.5 Å². The molecule has 2 aliphatic rings. The zero-order valence-corrected chi connectivity index (χ0v) is 12.9. The van der Waals surface area contributed by atoms with E-state index in [1.165, 1.54) is 19.3 Å². The second-order valence-electron chi connectivity index (χ2n) is 5.80. The predicted octanol–water partition coefficient (Wildman–Crippen LogP) is 1.01. The van der Waals surface area contributed by atoms with Gasteiger partial charge >= 0.3 is 0 Å². The summed E-state index contributed by atoms with van der Waals surface area (Å²) < 4.78 is 24.5. The van der Waals surface area contributed by atoms with Crippen LogP contribution in [0.4, 0.5) is 0 Å². The maximum Gasteiger partial charge on any atom is 0.270 e. The predicted molar refractivity (Wildman–Crippen MR) is 79.8 cm³/mol. The molecule has 2 fully saturated rings. The highest BCUT2D eigenvalue weighted by atomic mass is 32.2. The Morgan fingerprint density at radius 3 is 2.57 bits per heavy atom. The van der Waals surface area contributed by atoms with Gasteiger partial charge in [0.25, 0.3) is 10.0 Å². The van der Waals surface area contributed by atoms with Gasteiger partial charge in [-0.25, -0.2) is 18.4 Å². The molecule has 0 bridgehead atoms. The SMILES string of the molecule is O=S(=O)(NN1CCCCC1)c1ccc(CNC2CC2)cn1. The second-order valence-corrected chi connectivity index (χ2v) is 7.41. The van der Waals surface area contributed by atoms with Crippen LogP contribution in [0.3, 0.4) is 0 Å². The standard InChI is InChI=1S/C14H22N4O2S/c19-21(20,17-18-8-2-1-3-9-18)14-7-4-12(11-16-14)10-15-13-5-6-13/h4,7,11,13,15,17H,1-3,5-6,8-10H2. The number of nitrogens with one attached hydrogen (secondary N) is 2. The Morgan fingerprint density at radius 1 is 1.19 bits per heavy atom. The summed E-state index contributed by atoms with van der Waals surface area (Å²) >= 11 is 0. The second kappa shape index (κ2) is 6.39. The maximum atomic E-state index is 12.3. The summed E-state index contributed by atoms with van der Waals surface area (Å²) in [5.41, 5.74) is 1.01. The third kappa shape index (κ3) is 4.23. The van der Waals surface area contributed by atoms with Crippen LogP contribution in [-0.4, -0.2) is 37.5 Å². The van der Waals surface area contributed by atoms with Crippen molar-refractivity contribution in [2.75, 3.05) is 13.1 Å². The lowest BCUT2D eigenvalue weighted by Crippen LogP contribution is -2.45. The molecular weight excluding hydrogens is 288 g/mol. The van der Waals surface area contributed by atoms with Gasteiger partial charge in [-0.2, -0.15) is 0 Å². The van der Waals surface area contributed by atoms with Crippen molar-refractivity contribution in [1.29, 1.82) is 0 Å². The number of aromatic nitrogens is 1. The van der Waals surface area contributed by atoms with E-state index < -0.39 is 10.0 Å². The first kappa shape index (κ1) is 14.9. The minimum absolute atomic E-state index is 0.0863. The van der Waals surface area contributed by atoms with Crippen LogP contribution in [0.25, 0.3) is 0 Å². The molecule has 7 heteroatoms. The van der Waals surface area contributed by atoms with E-state index in [1.807, 2.05) is 6.07 Å². The fourth-order valence-corrected chi connectivity index (χ4v) is 3.48. The van der Waals surface area contributed by atoms with E-state index in [9.17, 15) is 8.42 Å². The Kier molecular flexibility index (Phi) is 4.54. The Balaban J connectivity index is 1.60. The van der Waals surface area contributed by atoms with Crippen LogP contribution in [0.5, 0.6) is 0 Å². The normalized spacial score (nSPS) is 20.6. The van der Waals surface area contributed by atoms with Crippen molar-refractivity contribution >= 4 is 10.0 Å². The van der Waals surface area contributed by atoms with Crippen LogP contribution < -0.4 is 10.1 Å². The smallest absolute Gasteiger partial charge is 0.270 e. The first-order chi connectivity index (χ1) is 10.1. The van der Waals surface area contributed by atoms with Crippen LogP contribution >= 0.6 is 0 Å². The van der Waals surface area contributed by atoms with Crippen LogP contribution in [0.15, 0.2) is 23.4 Å². The molecule has 6 nitrogen and oxygen atoms in total. The van der Waals surface area contributed by atoms with Crippen LogP contribution in [0.1, 0.15) is 37.7 Å². The van der Waals surface area contributed by atoms with Crippen molar-refractivity contribution in [1.82, 2.24) is 20.1 Å². The average molecular weight is 310 g/mol. The Labute approximate surface area is 126 Å². The zero-order chi connectivity index (χ0) is 14.7. The highest BCUT2D eigenvalue weighted by Crippen LogP contribution is 2.19. The van der Waals surface area contributed by atoms with Gasteiger partial charge in [0.05, 0.1) is 0 Å². The third-order valence-electron chi connectivity index (χ3n) is 3.85. The Morgan fingerprint density at radius 2 is 1.95 bits per heavy atom. The summed E-state index contributed by atoms with van der Waals surface area (Å²) in [7, 11) is -3.55. The van der Waals surface area contributed by atoms with Crippen molar-refractivity contribution in [3.05, 3.63) is 23.9 Å². The number of rotatable bonds is 6. The first-order valence-corrected chi connectivity index (χ1v) is 9.07. The minimum Gasteiger partial charge on any atom is -0.310 e. The Bertz CT molecular complexity index is 563. The molecule has 2 heterocycles. The largest absolute Gasteiger partial charge is 0.310 e. The molecule has 1 saturated carbocycles. The summed E-state index contributed by atoms with van der Waals surface area (Å²) in [6, 6.07) is 4.04. The molecule has 0 spiro atoms. The maximum absolute atomic E-state index is 12.3. The van der Waals surface area contributed by atoms with E-state index in [4.69, 9.17) is 0 Å². The van der Waals surface area contributed by atoms with Crippen LogP contribution in [0.2, 0.25) is 0 Å². The number of hydrogen-bond donors (Lipinski definition) is 2. The van der Waals surface area contributed by atoms with E-state index in [0.29, 0.717) is 6.04 Å². The number of pyridine rings is 1. The molecule has 21 heavy (non-hydrogen) atoms. The van der Waals surface area contributed by atoms with Crippen LogP contribution in [-0.2, 0) is 16.6 Å². The van der Waals surface area contributed by atoms with Gasteiger partial charge in [-0.05, 0) is 37.3 Å². The highest BCUT2D eigenvalue weighted by molar-refractivity contribution is 7.89. The number of piperidine rings is 1. The van der Waals surface area contributed by atoms with E-state index in [0.717, 1.165) is 38.0 Å². The molecule has 1 aliphatic heterocycles. The lowest BCUT2D eigenvalue weighted by atomic mass is 10.2. The summed E-state index contributed by atoms with van der Waals surface area (Å²) in [6.45, 7) is 2.28. The topological polar surface area (TPSA) is 74.3 Å². The fraction of sp³-hybridized carbons (Fsp3) is 0.643. The fourth-order valence-electron chi connectivity index (χ4n) is 2.43. The molecule has 0 aromatic carbocycles. The third-order valence-corrected chi connectivity index (χ3v) is 5.14. The summed E-state index contributed by atoms with van der Waals surface area (Å²) in [6.07, 6.45) is 7.34. The van der Waals surface area contributed by atoms with Crippen molar-refractivity contribution < 1.29 is 8.42 Å². The molecule has 0 amide bonds. The van der Waals surface area contributed by atoms with E-state index in [-0.39, 0.29) is 5.03 Å². The molecule has 3 rings (SSSR count). The first-order valence-electron chi connectivity index (χ1n) is 7.59. The quantitative estimate of drug-likeness (QED) is 0.820. The lowest BCUT2D eigenvalue weighted by Gasteiger charge is -2.26. The van der Waals surface area contributed by atoms with Crippen LogP contribution in [0, 0.1) is 0 Å². The molecule has 0 radical (unpaired) electrons. The number of hydrogen-bond acceptors (Lipinski definition) is 5. The summed E-state index contributed by atoms with van der Waals surface area (Å²) in [5.74, 6) is 0. The van der Waals surface area contributed by atoms with E-state index in [1.54, 1.807) is 17.3 Å². The van der Waals surface area contributed by atoms with Gasteiger partial charge in [0.1, 0.15) is 0 Å². The zero-order valence-electron chi connectivity index (χ0n) is 12.1. The van der Waals surface area contributed by atoms with Gasteiger partial charge in [-0.3, -0.25) is 0 Å². The molecule has 2 N–H and O–H groups in total. The molecule has 1 aromatic rings. The van der Waals surface area contributed by atoms with Gasteiger partial charge in [0, 0.05) is 31.9 Å². The molecule has 0 atom stereocenters. The molecule has 1 saturated heterocycles. The summed E-state index contributed by atoms with van der Waals surface area (Å²) in [5, 5.41) is 5.24. The van der Waals surface area contributed by atoms with E-state index >= 15 is 0 Å². The summed E-state index contributed by atoms with van der Waals surface area (Å²) in [4.78, 5) is 6.72. The highest BCUT2D eigenvalue weighted by Gasteiger charge is 2.22. The van der Waals surface area contributed by atoms with E-state index in [2.05, 4.69) is 15.1 Å². The van der Waals surface area contributed by atoms with Gasteiger partial charge in [0.2, 0.25) is 0 Å².